The molecule has 0 unspecified atom stereocenters. The van der Waals surface area contributed by atoms with Crippen LogP contribution in [0.5, 0.6) is 0 Å². The van der Waals surface area contributed by atoms with Crippen molar-refractivity contribution in [2.24, 2.45) is 0 Å². The maximum atomic E-state index is 12.9. The molecule has 0 aliphatic heterocycles. The Bertz CT molecular complexity index is 491. The summed E-state index contributed by atoms with van der Waals surface area (Å²) in [7, 11) is 0. The molecule has 0 spiro atoms. The number of hydrogen-bond acceptors (Lipinski definition) is 2. The van der Waals surface area contributed by atoms with E-state index in [4.69, 9.17) is 0 Å². The summed E-state index contributed by atoms with van der Waals surface area (Å²) in [5.74, 6) is -3.94. The molecule has 2 rings (SSSR count). The molecule has 0 aromatic heterocycles. The molecule has 0 radical (unpaired) electrons. The highest BCUT2D eigenvalue weighted by molar-refractivity contribution is 5.52. The highest BCUT2D eigenvalue weighted by atomic mass is 19.2. The Morgan fingerprint density at radius 2 is 1.24 bits per heavy atom. The fraction of sp³-hybridized carbons (Fsp3) is 0. The van der Waals surface area contributed by atoms with E-state index in [9.17, 15) is 13.2 Å². The molecule has 2 N–H and O–H groups in total. The van der Waals surface area contributed by atoms with Gasteiger partial charge in [0.25, 0.3) is 0 Å². The lowest BCUT2D eigenvalue weighted by molar-refractivity contribution is 0.448. The molecule has 2 nitrogen and oxygen atoms in total. The maximum Gasteiger partial charge on any atom is 0.194 e. The topological polar surface area (TPSA) is 24.1 Å². The van der Waals surface area contributed by atoms with Gasteiger partial charge in [-0.3, -0.25) is 0 Å². The highest BCUT2D eigenvalue weighted by Crippen LogP contribution is 2.17. The Labute approximate surface area is 96.1 Å². The second-order valence-electron chi connectivity index (χ2n) is 3.37. The molecular weight excluding hydrogens is 229 g/mol. The van der Waals surface area contributed by atoms with Gasteiger partial charge in [0, 0.05) is 12.1 Å². The predicted octanol–water partition coefficient (Wildman–Crippen LogP) is 3.54. The van der Waals surface area contributed by atoms with Crippen LogP contribution in [0.1, 0.15) is 0 Å². The van der Waals surface area contributed by atoms with Gasteiger partial charge in [-0.25, -0.2) is 13.2 Å². The number of anilines is 2. The molecule has 0 bridgehead atoms. The number of rotatable bonds is 3. The van der Waals surface area contributed by atoms with E-state index in [-0.39, 0.29) is 5.69 Å². The zero-order valence-corrected chi connectivity index (χ0v) is 8.68. The number of hydrogen-bond donors (Lipinski definition) is 2. The molecule has 0 atom stereocenters. The lowest BCUT2D eigenvalue weighted by Gasteiger charge is -2.10. The van der Waals surface area contributed by atoms with E-state index < -0.39 is 17.5 Å². The monoisotopic (exact) mass is 238 g/mol. The minimum absolute atomic E-state index is 0.102. The number of nitrogens with one attached hydrogen (secondary N) is 2. The maximum absolute atomic E-state index is 12.9. The summed E-state index contributed by atoms with van der Waals surface area (Å²) >= 11 is 0. The summed E-state index contributed by atoms with van der Waals surface area (Å²) in [6.07, 6.45) is 0. The lowest BCUT2D eigenvalue weighted by Crippen LogP contribution is -2.09. The van der Waals surface area contributed by atoms with Gasteiger partial charge in [-0.15, -0.1) is 0 Å². The fourth-order valence-corrected chi connectivity index (χ4v) is 1.29. The van der Waals surface area contributed by atoms with Crippen molar-refractivity contribution in [2.75, 3.05) is 10.9 Å². The second-order valence-corrected chi connectivity index (χ2v) is 3.37. The van der Waals surface area contributed by atoms with Crippen molar-refractivity contribution in [1.29, 1.82) is 0 Å². The smallest absolute Gasteiger partial charge is 0.194 e. The van der Waals surface area contributed by atoms with Gasteiger partial charge in [-0.2, -0.15) is 0 Å². The van der Waals surface area contributed by atoms with Crippen LogP contribution in [0.15, 0.2) is 42.5 Å². The Morgan fingerprint density at radius 3 is 1.82 bits per heavy atom. The summed E-state index contributed by atoms with van der Waals surface area (Å²) in [4.78, 5) is 0. The molecule has 2 aromatic rings. The van der Waals surface area contributed by atoms with Gasteiger partial charge in [0.2, 0.25) is 0 Å². The largest absolute Gasteiger partial charge is 0.301 e. The number of halogens is 3. The summed E-state index contributed by atoms with van der Waals surface area (Å²) < 4.78 is 38.4. The minimum atomic E-state index is -1.48. The second kappa shape index (κ2) is 4.78. The van der Waals surface area contributed by atoms with Crippen molar-refractivity contribution in [3.63, 3.8) is 0 Å². The normalized spacial score (nSPS) is 10.1. The molecule has 0 heterocycles. The van der Waals surface area contributed by atoms with Gasteiger partial charge in [0.15, 0.2) is 17.5 Å². The first-order chi connectivity index (χ1) is 8.16. The molecule has 0 saturated heterocycles. The van der Waals surface area contributed by atoms with E-state index in [1.54, 1.807) is 24.3 Å². The molecule has 0 aliphatic carbocycles. The van der Waals surface area contributed by atoms with E-state index in [1.807, 2.05) is 6.07 Å². The van der Waals surface area contributed by atoms with Crippen LogP contribution in [0.3, 0.4) is 0 Å². The van der Waals surface area contributed by atoms with Crippen molar-refractivity contribution in [3.05, 3.63) is 59.9 Å². The van der Waals surface area contributed by atoms with Gasteiger partial charge in [0.1, 0.15) is 0 Å². The number of benzene rings is 2. The van der Waals surface area contributed by atoms with Gasteiger partial charge < -0.3 is 10.9 Å². The third-order valence-electron chi connectivity index (χ3n) is 2.11. The molecule has 88 valence electrons. The van der Waals surface area contributed by atoms with E-state index in [1.165, 1.54) is 0 Å². The Balaban J connectivity index is 2.10. The summed E-state index contributed by atoms with van der Waals surface area (Å²) in [5.41, 5.74) is 6.12. The van der Waals surface area contributed by atoms with Crippen LogP contribution in [0.25, 0.3) is 0 Å². The highest BCUT2D eigenvalue weighted by Gasteiger charge is 2.09. The molecule has 2 aromatic carbocycles. The standard InChI is InChI=1S/C12H9F3N2/c13-10-6-9(7-11(14)12(10)15)17-16-8-4-2-1-3-5-8/h1-7,16-17H. The van der Waals surface area contributed by atoms with Gasteiger partial charge >= 0.3 is 0 Å². The fourth-order valence-electron chi connectivity index (χ4n) is 1.29. The van der Waals surface area contributed by atoms with Crippen LogP contribution in [-0.2, 0) is 0 Å². The molecule has 17 heavy (non-hydrogen) atoms. The van der Waals surface area contributed by atoms with Crippen molar-refractivity contribution in [3.8, 4) is 0 Å². The summed E-state index contributed by atoms with van der Waals surface area (Å²) in [6, 6.07) is 10.7. The van der Waals surface area contributed by atoms with Crippen LogP contribution < -0.4 is 10.9 Å². The van der Waals surface area contributed by atoms with E-state index in [0.29, 0.717) is 0 Å². The predicted molar refractivity (Wildman–Crippen MR) is 60.0 cm³/mol. The quantitative estimate of drug-likeness (QED) is 0.631. The first-order valence-electron chi connectivity index (χ1n) is 4.88. The van der Waals surface area contributed by atoms with Crippen molar-refractivity contribution >= 4 is 11.4 Å². The minimum Gasteiger partial charge on any atom is -0.301 e. The van der Waals surface area contributed by atoms with Gasteiger partial charge in [-0.05, 0) is 12.1 Å². The van der Waals surface area contributed by atoms with Crippen LogP contribution in [0.4, 0.5) is 24.5 Å². The van der Waals surface area contributed by atoms with Crippen LogP contribution in [0.2, 0.25) is 0 Å². The molecule has 0 amide bonds. The van der Waals surface area contributed by atoms with Crippen LogP contribution >= 0.6 is 0 Å². The molecule has 0 aliphatic rings. The third kappa shape index (κ3) is 2.69. The van der Waals surface area contributed by atoms with E-state index in [2.05, 4.69) is 10.9 Å². The average molecular weight is 238 g/mol. The Morgan fingerprint density at radius 1 is 0.706 bits per heavy atom. The Hall–Kier alpha value is -2.17. The first-order valence-corrected chi connectivity index (χ1v) is 4.88. The van der Waals surface area contributed by atoms with Crippen LogP contribution in [0, 0.1) is 17.5 Å². The van der Waals surface area contributed by atoms with E-state index in [0.717, 1.165) is 17.8 Å². The van der Waals surface area contributed by atoms with Gasteiger partial charge in [-0.1, -0.05) is 18.2 Å². The summed E-state index contributed by atoms with van der Waals surface area (Å²) in [6.45, 7) is 0. The van der Waals surface area contributed by atoms with Gasteiger partial charge in [0.05, 0.1) is 11.4 Å². The summed E-state index contributed by atoms with van der Waals surface area (Å²) in [5, 5.41) is 0. The zero-order chi connectivity index (χ0) is 12.3. The average Bonchev–Trinajstić information content (AvgIpc) is 2.34. The third-order valence-corrected chi connectivity index (χ3v) is 2.11. The van der Waals surface area contributed by atoms with Crippen molar-refractivity contribution in [1.82, 2.24) is 0 Å². The first kappa shape index (κ1) is 11.3. The number of hydrazine groups is 1. The number of para-hydroxylation sites is 1. The molecule has 0 saturated carbocycles. The molecule has 0 fully saturated rings. The molecular formula is C12H9F3N2. The molecule has 5 heteroatoms. The lowest BCUT2D eigenvalue weighted by atomic mass is 10.3. The SMILES string of the molecule is Fc1cc(NNc2ccccc2)cc(F)c1F. The van der Waals surface area contributed by atoms with Crippen molar-refractivity contribution in [2.45, 2.75) is 0 Å². The zero-order valence-electron chi connectivity index (χ0n) is 8.68. The van der Waals surface area contributed by atoms with Crippen molar-refractivity contribution < 1.29 is 13.2 Å². The van der Waals surface area contributed by atoms with Crippen LogP contribution in [-0.4, -0.2) is 0 Å². The Kier molecular flexibility index (Phi) is 3.18. The van der Waals surface area contributed by atoms with E-state index >= 15 is 0 Å².